The number of nitrogens with zero attached hydrogens (tertiary/aromatic N) is 3. The van der Waals surface area contributed by atoms with E-state index in [9.17, 15) is 0 Å². The van der Waals surface area contributed by atoms with E-state index in [0.717, 1.165) is 31.6 Å². The van der Waals surface area contributed by atoms with Crippen molar-refractivity contribution >= 4 is 0 Å². The van der Waals surface area contributed by atoms with Crippen molar-refractivity contribution in [2.45, 2.75) is 38.8 Å². The van der Waals surface area contributed by atoms with E-state index < -0.39 is 0 Å². The molecule has 5 heteroatoms. The largest absolute Gasteiger partial charge is 0.385 e. The van der Waals surface area contributed by atoms with Gasteiger partial charge in [0.1, 0.15) is 12.2 Å². The van der Waals surface area contributed by atoms with Gasteiger partial charge in [-0.25, -0.2) is 4.98 Å². The molecule has 1 rings (SSSR count). The zero-order chi connectivity index (χ0) is 11.1. The quantitative estimate of drug-likeness (QED) is 0.718. The first-order chi connectivity index (χ1) is 7.27. The van der Waals surface area contributed by atoms with Gasteiger partial charge in [-0.1, -0.05) is 6.92 Å². The Morgan fingerprint density at radius 1 is 1.60 bits per heavy atom. The molecule has 0 radical (unpaired) electrons. The van der Waals surface area contributed by atoms with Gasteiger partial charge in [0, 0.05) is 32.7 Å². The van der Waals surface area contributed by atoms with Crippen molar-refractivity contribution in [2.24, 2.45) is 5.73 Å². The number of aryl methyl sites for hydroxylation is 1. The topological polar surface area (TPSA) is 66.0 Å². The van der Waals surface area contributed by atoms with E-state index in [1.807, 2.05) is 4.68 Å². The van der Waals surface area contributed by atoms with Crippen LogP contribution in [0.15, 0.2) is 6.33 Å². The summed E-state index contributed by atoms with van der Waals surface area (Å²) in [7, 11) is 1.69. The fraction of sp³-hybridized carbons (Fsp3) is 0.800. The SMILES string of the molecule is CCCn1ncnc1CC(N)CCOC. The summed E-state index contributed by atoms with van der Waals surface area (Å²) in [6.07, 6.45) is 4.27. The molecule has 0 aliphatic carbocycles. The van der Waals surface area contributed by atoms with Gasteiger partial charge in [-0.2, -0.15) is 5.10 Å². The van der Waals surface area contributed by atoms with Gasteiger partial charge < -0.3 is 10.5 Å². The molecule has 1 aromatic rings. The van der Waals surface area contributed by atoms with Crippen LogP contribution >= 0.6 is 0 Å². The summed E-state index contributed by atoms with van der Waals surface area (Å²) in [4.78, 5) is 4.21. The van der Waals surface area contributed by atoms with Crippen molar-refractivity contribution in [3.63, 3.8) is 0 Å². The molecule has 0 amide bonds. The Morgan fingerprint density at radius 3 is 3.07 bits per heavy atom. The first-order valence-electron chi connectivity index (χ1n) is 5.39. The number of methoxy groups -OCH3 is 1. The smallest absolute Gasteiger partial charge is 0.138 e. The van der Waals surface area contributed by atoms with Gasteiger partial charge in [0.05, 0.1) is 0 Å². The first-order valence-corrected chi connectivity index (χ1v) is 5.39. The molecule has 1 atom stereocenters. The molecule has 0 saturated heterocycles. The van der Waals surface area contributed by atoms with Crippen molar-refractivity contribution < 1.29 is 4.74 Å². The minimum Gasteiger partial charge on any atom is -0.385 e. The van der Waals surface area contributed by atoms with Crippen LogP contribution in [0.3, 0.4) is 0 Å². The standard InChI is InChI=1S/C10H20N4O/c1-3-5-14-10(12-8-13-14)7-9(11)4-6-15-2/h8-9H,3-7,11H2,1-2H3. The molecule has 15 heavy (non-hydrogen) atoms. The number of hydrogen-bond donors (Lipinski definition) is 1. The molecule has 1 unspecified atom stereocenters. The maximum Gasteiger partial charge on any atom is 0.138 e. The summed E-state index contributed by atoms with van der Waals surface area (Å²) >= 11 is 0. The Labute approximate surface area is 90.6 Å². The lowest BCUT2D eigenvalue weighted by molar-refractivity contribution is 0.187. The number of aromatic nitrogens is 3. The Bertz CT molecular complexity index is 274. The summed E-state index contributed by atoms with van der Waals surface area (Å²) in [5, 5.41) is 4.16. The van der Waals surface area contributed by atoms with Crippen molar-refractivity contribution in [2.75, 3.05) is 13.7 Å². The fourth-order valence-electron chi connectivity index (χ4n) is 1.45. The lowest BCUT2D eigenvalue weighted by Gasteiger charge is -2.11. The molecule has 0 aromatic carbocycles. The molecule has 0 aliphatic rings. The average Bonchev–Trinajstić information content (AvgIpc) is 2.63. The molecule has 0 fully saturated rings. The zero-order valence-electron chi connectivity index (χ0n) is 9.52. The normalized spacial score (nSPS) is 13.0. The molecule has 0 spiro atoms. The fourth-order valence-corrected chi connectivity index (χ4v) is 1.45. The van der Waals surface area contributed by atoms with Crippen LogP contribution in [0.2, 0.25) is 0 Å². The maximum atomic E-state index is 5.95. The molecule has 86 valence electrons. The van der Waals surface area contributed by atoms with E-state index in [1.165, 1.54) is 0 Å². The molecular weight excluding hydrogens is 192 g/mol. The van der Waals surface area contributed by atoms with Crippen LogP contribution in [0.4, 0.5) is 0 Å². The van der Waals surface area contributed by atoms with Gasteiger partial charge in [-0.15, -0.1) is 0 Å². The molecule has 1 aromatic heterocycles. The third kappa shape index (κ3) is 3.97. The first kappa shape index (κ1) is 12.1. The van der Waals surface area contributed by atoms with E-state index in [2.05, 4.69) is 17.0 Å². The highest BCUT2D eigenvalue weighted by atomic mass is 16.5. The molecular formula is C10H20N4O. The second-order valence-corrected chi connectivity index (χ2v) is 3.65. The van der Waals surface area contributed by atoms with Crippen LogP contribution in [0.5, 0.6) is 0 Å². The number of hydrogen-bond acceptors (Lipinski definition) is 4. The second-order valence-electron chi connectivity index (χ2n) is 3.65. The Hall–Kier alpha value is -0.940. The molecule has 5 nitrogen and oxygen atoms in total. The Morgan fingerprint density at radius 2 is 2.40 bits per heavy atom. The average molecular weight is 212 g/mol. The second kappa shape index (κ2) is 6.53. The van der Waals surface area contributed by atoms with E-state index >= 15 is 0 Å². The van der Waals surface area contributed by atoms with Crippen LogP contribution in [0.1, 0.15) is 25.6 Å². The lowest BCUT2D eigenvalue weighted by atomic mass is 10.1. The highest BCUT2D eigenvalue weighted by Gasteiger charge is 2.09. The van der Waals surface area contributed by atoms with Crippen molar-refractivity contribution in [1.82, 2.24) is 14.8 Å². The van der Waals surface area contributed by atoms with Crippen LogP contribution in [-0.4, -0.2) is 34.5 Å². The van der Waals surface area contributed by atoms with Gasteiger partial charge in [-0.3, -0.25) is 4.68 Å². The van der Waals surface area contributed by atoms with Crippen molar-refractivity contribution in [3.8, 4) is 0 Å². The van der Waals surface area contributed by atoms with E-state index in [0.29, 0.717) is 6.61 Å². The van der Waals surface area contributed by atoms with Crippen LogP contribution in [0, 0.1) is 0 Å². The van der Waals surface area contributed by atoms with Crippen molar-refractivity contribution in [1.29, 1.82) is 0 Å². The predicted octanol–water partition coefficient (Wildman–Crippen LogP) is 0.594. The van der Waals surface area contributed by atoms with Gasteiger partial charge in [0.15, 0.2) is 0 Å². The summed E-state index contributed by atoms with van der Waals surface area (Å²) in [6, 6.07) is 0.102. The van der Waals surface area contributed by atoms with Crippen LogP contribution in [0.25, 0.3) is 0 Å². The Balaban J connectivity index is 2.44. The minimum absolute atomic E-state index is 0.102. The van der Waals surface area contributed by atoms with Crippen molar-refractivity contribution in [3.05, 3.63) is 12.2 Å². The molecule has 1 heterocycles. The van der Waals surface area contributed by atoms with Gasteiger partial charge in [-0.05, 0) is 12.8 Å². The van der Waals surface area contributed by atoms with Gasteiger partial charge in [0.2, 0.25) is 0 Å². The zero-order valence-corrected chi connectivity index (χ0v) is 9.52. The lowest BCUT2D eigenvalue weighted by Crippen LogP contribution is -2.26. The molecule has 0 saturated carbocycles. The number of nitrogens with two attached hydrogens (primary N) is 1. The summed E-state index contributed by atoms with van der Waals surface area (Å²) in [6.45, 7) is 3.73. The van der Waals surface area contributed by atoms with Crippen LogP contribution < -0.4 is 5.73 Å². The van der Waals surface area contributed by atoms with Crippen LogP contribution in [-0.2, 0) is 17.7 Å². The van der Waals surface area contributed by atoms with E-state index in [-0.39, 0.29) is 6.04 Å². The third-order valence-corrected chi connectivity index (χ3v) is 2.27. The highest BCUT2D eigenvalue weighted by molar-refractivity contribution is 4.88. The molecule has 2 N–H and O–H groups in total. The minimum atomic E-state index is 0.102. The molecule has 0 aliphatic heterocycles. The van der Waals surface area contributed by atoms with Gasteiger partial charge >= 0.3 is 0 Å². The number of rotatable bonds is 7. The third-order valence-electron chi connectivity index (χ3n) is 2.27. The number of ether oxygens (including phenoxy) is 1. The molecule has 0 bridgehead atoms. The summed E-state index contributed by atoms with van der Waals surface area (Å²) < 4.78 is 6.91. The predicted molar refractivity (Wildman–Crippen MR) is 58.5 cm³/mol. The summed E-state index contributed by atoms with van der Waals surface area (Å²) in [5.41, 5.74) is 5.95. The summed E-state index contributed by atoms with van der Waals surface area (Å²) in [5.74, 6) is 0.973. The Kier molecular flexibility index (Phi) is 5.28. The van der Waals surface area contributed by atoms with E-state index in [1.54, 1.807) is 13.4 Å². The maximum absolute atomic E-state index is 5.95. The van der Waals surface area contributed by atoms with Gasteiger partial charge in [0.25, 0.3) is 0 Å². The van der Waals surface area contributed by atoms with E-state index in [4.69, 9.17) is 10.5 Å². The monoisotopic (exact) mass is 212 g/mol. The highest BCUT2D eigenvalue weighted by Crippen LogP contribution is 2.02.